The van der Waals surface area contributed by atoms with Gasteiger partial charge in [0.15, 0.2) is 5.16 Å². The van der Waals surface area contributed by atoms with E-state index in [9.17, 15) is 9.59 Å². The Morgan fingerprint density at radius 1 is 1.23 bits per heavy atom. The first kappa shape index (κ1) is 20.2. The van der Waals surface area contributed by atoms with Crippen molar-refractivity contribution < 1.29 is 14.3 Å². The lowest BCUT2D eigenvalue weighted by Crippen LogP contribution is -2.24. The van der Waals surface area contributed by atoms with E-state index in [1.165, 1.54) is 11.8 Å². The molecule has 2 heterocycles. The van der Waals surface area contributed by atoms with E-state index < -0.39 is 0 Å². The van der Waals surface area contributed by atoms with Gasteiger partial charge in [0.1, 0.15) is 5.01 Å². The number of ether oxygens (including phenoxy) is 1. The highest BCUT2D eigenvalue weighted by atomic mass is 32.2. The van der Waals surface area contributed by atoms with Crippen molar-refractivity contribution in [3.63, 3.8) is 0 Å². The zero-order valence-corrected chi connectivity index (χ0v) is 16.7. The predicted molar refractivity (Wildman–Crippen MR) is 100 cm³/mol. The molecule has 2 aromatic heterocycles. The molecule has 0 spiro atoms. The minimum atomic E-state index is -0.365. The quantitative estimate of drug-likeness (QED) is 0.413. The summed E-state index contributed by atoms with van der Waals surface area (Å²) in [6.45, 7) is 7.77. The molecule has 10 heteroatoms. The second kappa shape index (κ2) is 9.58. The SMILES string of the molecule is CCOC(=O)Cc1nnc(NC(=O)[C@H](CC)Sc2nc(C)cc(C)n2)s1. The van der Waals surface area contributed by atoms with E-state index in [2.05, 4.69) is 25.5 Å². The highest BCUT2D eigenvalue weighted by molar-refractivity contribution is 8.00. The van der Waals surface area contributed by atoms with Gasteiger partial charge in [0.2, 0.25) is 11.0 Å². The van der Waals surface area contributed by atoms with Crippen LogP contribution < -0.4 is 5.32 Å². The standard InChI is InChI=1S/C16H21N5O3S2/c1-5-11(25-15-17-9(3)7-10(4)18-15)14(23)19-16-21-20-12(26-16)8-13(22)24-6-2/h7,11H,5-6,8H2,1-4H3,(H,19,21,23)/t11-/m0/s1. The Balaban J connectivity index is 1.98. The minimum Gasteiger partial charge on any atom is -0.466 e. The molecule has 140 valence electrons. The lowest BCUT2D eigenvalue weighted by atomic mass is 10.3. The second-order valence-corrected chi connectivity index (χ2v) is 7.65. The van der Waals surface area contributed by atoms with E-state index in [0.29, 0.717) is 28.3 Å². The zero-order valence-electron chi connectivity index (χ0n) is 15.1. The minimum absolute atomic E-state index is 0.0454. The van der Waals surface area contributed by atoms with Gasteiger partial charge in [-0.1, -0.05) is 30.0 Å². The van der Waals surface area contributed by atoms with Gasteiger partial charge in [-0.25, -0.2) is 9.97 Å². The number of hydrogen-bond acceptors (Lipinski definition) is 9. The van der Waals surface area contributed by atoms with Gasteiger partial charge < -0.3 is 4.74 Å². The largest absolute Gasteiger partial charge is 0.466 e. The summed E-state index contributed by atoms with van der Waals surface area (Å²) in [5.41, 5.74) is 1.73. The number of nitrogens with one attached hydrogen (secondary N) is 1. The van der Waals surface area contributed by atoms with Gasteiger partial charge in [-0.15, -0.1) is 10.2 Å². The first-order valence-corrected chi connectivity index (χ1v) is 9.88. The van der Waals surface area contributed by atoms with Crippen LogP contribution in [0.25, 0.3) is 0 Å². The highest BCUT2D eigenvalue weighted by Gasteiger charge is 2.21. The average molecular weight is 396 g/mol. The smallest absolute Gasteiger partial charge is 0.312 e. The van der Waals surface area contributed by atoms with E-state index in [-0.39, 0.29) is 23.5 Å². The molecule has 0 fully saturated rings. The third-order valence-electron chi connectivity index (χ3n) is 3.17. The maximum atomic E-state index is 12.5. The van der Waals surface area contributed by atoms with Crippen molar-refractivity contribution >= 4 is 40.1 Å². The topological polar surface area (TPSA) is 107 Å². The Morgan fingerprint density at radius 2 is 1.92 bits per heavy atom. The van der Waals surface area contributed by atoms with Crippen LogP contribution in [-0.4, -0.2) is 43.9 Å². The van der Waals surface area contributed by atoms with Crippen molar-refractivity contribution in [2.75, 3.05) is 11.9 Å². The molecule has 0 aliphatic heterocycles. The summed E-state index contributed by atoms with van der Waals surface area (Å²) in [6.07, 6.45) is 0.658. The molecular formula is C16H21N5O3S2. The number of aryl methyl sites for hydroxylation is 2. The average Bonchev–Trinajstić information content (AvgIpc) is 2.98. The molecule has 0 saturated heterocycles. The van der Waals surface area contributed by atoms with Crippen molar-refractivity contribution in [3.8, 4) is 0 Å². The fraction of sp³-hybridized carbons (Fsp3) is 0.500. The maximum absolute atomic E-state index is 12.5. The highest BCUT2D eigenvalue weighted by Crippen LogP contribution is 2.25. The van der Waals surface area contributed by atoms with Crippen molar-refractivity contribution in [1.29, 1.82) is 0 Å². The van der Waals surface area contributed by atoms with Gasteiger partial charge in [0, 0.05) is 11.4 Å². The fourth-order valence-electron chi connectivity index (χ4n) is 2.09. The molecule has 2 aromatic rings. The van der Waals surface area contributed by atoms with E-state index in [4.69, 9.17) is 4.74 Å². The van der Waals surface area contributed by atoms with Crippen molar-refractivity contribution in [2.24, 2.45) is 0 Å². The van der Waals surface area contributed by atoms with Crippen molar-refractivity contribution in [3.05, 3.63) is 22.5 Å². The summed E-state index contributed by atoms with van der Waals surface area (Å²) in [6, 6.07) is 1.89. The van der Waals surface area contributed by atoms with Crippen LogP contribution in [0.15, 0.2) is 11.2 Å². The zero-order chi connectivity index (χ0) is 19.1. The number of thioether (sulfide) groups is 1. The molecule has 2 rings (SSSR count). The Bertz CT molecular complexity index is 761. The number of carbonyl (C=O) groups excluding carboxylic acids is 2. The predicted octanol–water partition coefficient (Wildman–Crippen LogP) is 2.56. The number of amides is 1. The molecule has 1 atom stereocenters. The Morgan fingerprint density at radius 3 is 2.54 bits per heavy atom. The number of esters is 1. The third kappa shape index (κ3) is 6.03. The van der Waals surface area contributed by atoms with Crippen LogP contribution in [0.1, 0.15) is 36.7 Å². The summed E-state index contributed by atoms with van der Waals surface area (Å²) >= 11 is 2.48. The maximum Gasteiger partial charge on any atom is 0.312 e. The van der Waals surface area contributed by atoms with E-state index in [1.807, 2.05) is 26.8 Å². The van der Waals surface area contributed by atoms with Gasteiger partial charge >= 0.3 is 5.97 Å². The number of rotatable bonds is 8. The number of nitrogens with zero attached hydrogens (tertiary/aromatic N) is 4. The van der Waals surface area contributed by atoms with E-state index in [1.54, 1.807) is 6.92 Å². The fourth-order valence-corrected chi connectivity index (χ4v) is 3.80. The lowest BCUT2D eigenvalue weighted by molar-refractivity contribution is -0.142. The lowest BCUT2D eigenvalue weighted by Gasteiger charge is -2.12. The van der Waals surface area contributed by atoms with Gasteiger partial charge in [-0.2, -0.15) is 0 Å². The van der Waals surface area contributed by atoms with Gasteiger partial charge in [0.05, 0.1) is 18.3 Å². The first-order valence-electron chi connectivity index (χ1n) is 8.19. The third-order valence-corrected chi connectivity index (χ3v) is 5.23. The monoisotopic (exact) mass is 395 g/mol. The Kier molecular flexibility index (Phi) is 7.46. The van der Waals surface area contributed by atoms with Gasteiger partial charge in [-0.3, -0.25) is 14.9 Å². The Labute approximate surface area is 160 Å². The van der Waals surface area contributed by atoms with Crippen LogP contribution in [0.4, 0.5) is 5.13 Å². The molecule has 0 radical (unpaired) electrons. The van der Waals surface area contributed by atoms with E-state index in [0.717, 1.165) is 22.7 Å². The van der Waals surface area contributed by atoms with Crippen LogP contribution in [0.2, 0.25) is 0 Å². The summed E-state index contributed by atoms with van der Waals surface area (Å²) < 4.78 is 4.87. The van der Waals surface area contributed by atoms with Crippen molar-refractivity contribution in [1.82, 2.24) is 20.2 Å². The van der Waals surface area contributed by atoms with Crippen molar-refractivity contribution in [2.45, 2.75) is 50.9 Å². The van der Waals surface area contributed by atoms with Gasteiger partial charge in [0.25, 0.3) is 0 Å². The first-order chi connectivity index (χ1) is 12.4. The van der Waals surface area contributed by atoms with Crippen LogP contribution in [0, 0.1) is 13.8 Å². The van der Waals surface area contributed by atoms with Crippen LogP contribution in [-0.2, 0) is 20.7 Å². The summed E-state index contributed by atoms with van der Waals surface area (Å²) in [4.78, 5) is 32.7. The molecule has 0 aliphatic rings. The molecule has 26 heavy (non-hydrogen) atoms. The molecular weight excluding hydrogens is 374 g/mol. The number of anilines is 1. The molecule has 0 saturated carbocycles. The number of carbonyl (C=O) groups is 2. The molecule has 1 N–H and O–H groups in total. The van der Waals surface area contributed by atoms with Crippen LogP contribution in [0.5, 0.6) is 0 Å². The number of hydrogen-bond donors (Lipinski definition) is 1. The summed E-state index contributed by atoms with van der Waals surface area (Å²) in [5, 5.41) is 11.6. The molecule has 0 aliphatic carbocycles. The molecule has 0 unspecified atom stereocenters. The Hall–Kier alpha value is -2.07. The second-order valence-electron chi connectivity index (χ2n) is 5.42. The normalized spacial score (nSPS) is 11.8. The van der Waals surface area contributed by atoms with Gasteiger partial charge in [-0.05, 0) is 33.3 Å². The van der Waals surface area contributed by atoms with Crippen LogP contribution in [0.3, 0.4) is 0 Å². The summed E-state index contributed by atoms with van der Waals surface area (Å²) in [5.74, 6) is -0.561. The molecule has 1 amide bonds. The molecule has 0 bridgehead atoms. The summed E-state index contributed by atoms with van der Waals surface area (Å²) in [7, 11) is 0. The molecule has 8 nitrogen and oxygen atoms in total. The van der Waals surface area contributed by atoms with Crippen LogP contribution >= 0.6 is 23.1 Å². The van der Waals surface area contributed by atoms with E-state index >= 15 is 0 Å². The molecule has 0 aromatic carbocycles. The number of aromatic nitrogens is 4.